The van der Waals surface area contributed by atoms with E-state index in [1.54, 1.807) is 0 Å². The Morgan fingerprint density at radius 3 is 2.61 bits per heavy atom. The van der Waals surface area contributed by atoms with Gasteiger partial charge < -0.3 is 20.4 Å². The number of hydrogen-bond donors (Lipinski definition) is 2. The first-order chi connectivity index (χ1) is 13.7. The molecule has 0 radical (unpaired) electrons. The molecule has 1 aromatic carbocycles. The molecule has 2 aromatic rings. The Bertz CT molecular complexity index is 730. The summed E-state index contributed by atoms with van der Waals surface area (Å²) in [6, 6.07) is 14.4. The van der Waals surface area contributed by atoms with Gasteiger partial charge in [-0.3, -0.25) is 0 Å². The minimum Gasteiger partial charge on any atom is -0.371 e. The van der Waals surface area contributed by atoms with Gasteiger partial charge in [-0.2, -0.15) is 0 Å². The molecule has 1 atom stereocenters. The number of carbonyl (C=O) groups is 1. The molecule has 2 N–H and O–H groups in total. The summed E-state index contributed by atoms with van der Waals surface area (Å²) in [7, 11) is 0. The van der Waals surface area contributed by atoms with Crippen LogP contribution in [-0.4, -0.2) is 43.7 Å². The van der Waals surface area contributed by atoms with Crippen molar-refractivity contribution in [1.29, 1.82) is 0 Å². The number of amides is 2. The van der Waals surface area contributed by atoms with Crippen LogP contribution in [0.25, 0.3) is 0 Å². The summed E-state index contributed by atoms with van der Waals surface area (Å²) in [5.74, 6) is 1.46. The van der Waals surface area contributed by atoms with Crippen LogP contribution in [-0.2, 0) is 6.54 Å². The van der Waals surface area contributed by atoms with Gasteiger partial charge >= 0.3 is 6.03 Å². The maximum absolute atomic E-state index is 12.1. The topological polar surface area (TPSA) is 60.5 Å². The van der Waals surface area contributed by atoms with E-state index in [1.165, 1.54) is 5.69 Å². The number of carbonyl (C=O) groups excluding carboxylic acids is 1. The van der Waals surface area contributed by atoms with Gasteiger partial charge in [0, 0.05) is 51.2 Å². The monoisotopic (exact) mass is 381 g/mol. The number of nitrogens with one attached hydrogen (secondary N) is 2. The van der Waals surface area contributed by atoms with E-state index >= 15 is 0 Å². The summed E-state index contributed by atoms with van der Waals surface area (Å²) in [5.41, 5.74) is 2.26. The minimum atomic E-state index is -0.119. The van der Waals surface area contributed by atoms with Crippen LogP contribution >= 0.6 is 0 Å². The number of benzene rings is 1. The Balaban J connectivity index is 1.38. The van der Waals surface area contributed by atoms with Crippen molar-refractivity contribution in [2.75, 3.05) is 42.5 Å². The molecule has 3 rings (SSSR count). The maximum atomic E-state index is 12.1. The minimum absolute atomic E-state index is 0.119. The second kappa shape index (κ2) is 9.97. The number of nitrogens with zero attached hydrogens (tertiary/aromatic N) is 3. The number of aromatic nitrogens is 1. The molecule has 1 fully saturated rings. The lowest BCUT2D eigenvalue weighted by Crippen LogP contribution is -2.38. The van der Waals surface area contributed by atoms with E-state index in [1.807, 2.05) is 24.4 Å². The molecular formula is C22H31N5O. The first kappa shape index (κ1) is 20.0. The molecular weight excluding hydrogens is 350 g/mol. The Hall–Kier alpha value is -2.76. The summed E-state index contributed by atoms with van der Waals surface area (Å²) < 4.78 is 0. The zero-order valence-corrected chi connectivity index (χ0v) is 16.9. The molecule has 1 aliphatic rings. The predicted molar refractivity (Wildman–Crippen MR) is 115 cm³/mol. The lowest BCUT2D eigenvalue weighted by atomic mass is 10.1. The molecule has 6 nitrogen and oxygen atoms in total. The third kappa shape index (κ3) is 5.38. The van der Waals surface area contributed by atoms with Crippen molar-refractivity contribution in [3.8, 4) is 0 Å². The molecule has 0 aliphatic carbocycles. The summed E-state index contributed by atoms with van der Waals surface area (Å²) in [4.78, 5) is 21.2. The molecule has 6 heteroatoms. The van der Waals surface area contributed by atoms with E-state index in [0.717, 1.165) is 44.0 Å². The van der Waals surface area contributed by atoms with Crippen LogP contribution in [0.2, 0.25) is 0 Å². The van der Waals surface area contributed by atoms with Crippen molar-refractivity contribution < 1.29 is 4.79 Å². The quantitative estimate of drug-likeness (QED) is 0.737. The molecule has 1 unspecified atom stereocenters. The van der Waals surface area contributed by atoms with E-state index in [0.29, 0.717) is 19.0 Å². The molecule has 0 bridgehead atoms. The van der Waals surface area contributed by atoms with Crippen molar-refractivity contribution >= 4 is 17.5 Å². The largest absolute Gasteiger partial charge is 0.371 e. The van der Waals surface area contributed by atoms with E-state index in [9.17, 15) is 4.79 Å². The second-order valence-corrected chi connectivity index (χ2v) is 7.20. The maximum Gasteiger partial charge on any atom is 0.315 e. The Labute approximate surface area is 167 Å². The molecule has 2 heterocycles. The van der Waals surface area contributed by atoms with Crippen LogP contribution in [0.5, 0.6) is 0 Å². The van der Waals surface area contributed by atoms with Gasteiger partial charge in [-0.15, -0.1) is 0 Å². The highest BCUT2D eigenvalue weighted by Crippen LogP contribution is 2.22. The van der Waals surface area contributed by atoms with Crippen molar-refractivity contribution in [1.82, 2.24) is 15.6 Å². The lowest BCUT2D eigenvalue weighted by molar-refractivity contribution is 0.239. The summed E-state index contributed by atoms with van der Waals surface area (Å²) in [6.07, 6.45) is 2.94. The number of rotatable bonds is 8. The van der Waals surface area contributed by atoms with E-state index in [4.69, 9.17) is 0 Å². The summed E-state index contributed by atoms with van der Waals surface area (Å²) in [5, 5.41) is 5.93. The van der Waals surface area contributed by atoms with E-state index in [2.05, 4.69) is 63.5 Å². The number of hydrogen-bond acceptors (Lipinski definition) is 4. The van der Waals surface area contributed by atoms with Gasteiger partial charge in [-0.05, 0) is 49.9 Å². The van der Waals surface area contributed by atoms with Gasteiger partial charge in [0.15, 0.2) is 0 Å². The molecule has 0 spiro atoms. The van der Waals surface area contributed by atoms with Crippen LogP contribution in [0.1, 0.15) is 25.8 Å². The summed E-state index contributed by atoms with van der Waals surface area (Å²) >= 11 is 0. The summed E-state index contributed by atoms with van der Waals surface area (Å²) in [6.45, 7) is 9.33. The molecule has 150 valence electrons. The van der Waals surface area contributed by atoms with Crippen LogP contribution in [0, 0.1) is 5.92 Å². The van der Waals surface area contributed by atoms with Crippen molar-refractivity contribution in [3.05, 3.63) is 54.2 Å². The SMILES string of the molecule is CCN(CC)c1ccc(CNC(=O)NCC2CCN(c3ccccc3)C2)cn1. The fourth-order valence-corrected chi connectivity index (χ4v) is 3.61. The van der Waals surface area contributed by atoms with Gasteiger partial charge in [0.2, 0.25) is 0 Å². The van der Waals surface area contributed by atoms with Crippen LogP contribution in [0.4, 0.5) is 16.3 Å². The average molecular weight is 382 g/mol. The van der Waals surface area contributed by atoms with Crippen LogP contribution in [0.15, 0.2) is 48.7 Å². The third-order valence-corrected chi connectivity index (χ3v) is 5.31. The average Bonchev–Trinajstić information content (AvgIpc) is 3.22. The van der Waals surface area contributed by atoms with Gasteiger partial charge in [0.25, 0.3) is 0 Å². The first-order valence-electron chi connectivity index (χ1n) is 10.2. The first-order valence-corrected chi connectivity index (χ1v) is 10.2. The molecule has 1 aromatic heterocycles. The Kier molecular flexibility index (Phi) is 7.12. The highest BCUT2D eigenvalue weighted by Gasteiger charge is 2.22. The van der Waals surface area contributed by atoms with E-state index < -0.39 is 0 Å². The van der Waals surface area contributed by atoms with Gasteiger partial charge in [0.05, 0.1) is 0 Å². The normalized spacial score (nSPS) is 16.1. The third-order valence-electron chi connectivity index (χ3n) is 5.31. The standard InChI is InChI=1S/C22H31N5O/c1-3-26(4-2)21-11-10-18(14-23-21)15-24-22(28)25-16-19-12-13-27(17-19)20-8-6-5-7-9-20/h5-11,14,19H,3-4,12-13,15-17H2,1-2H3,(H2,24,25,28). The zero-order chi connectivity index (χ0) is 19.8. The fraction of sp³-hybridized carbons (Fsp3) is 0.455. The molecule has 2 amide bonds. The van der Waals surface area contributed by atoms with Gasteiger partial charge in [0.1, 0.15) is 5.82 Å². The fourth-order valence-electron chi connectivity index (χ4n) is 3.61. The molecule has 1 saturated heterocycles. The van der Waals surface area contributed by atoms with E-state index in [-0.39, 0.29) is 6.03 Å². The molecule has 0 saturated carbocycles. The molecule has 1 aliphatic heterocycles. The second-order valence-electron chi connectivity index (χ2n) is 7.20. The highest BCUT2D eigenvalue weighted by molar-refractivity contribution is 5.73. The number of urea groups is 1. The van der Waals surface area contributed by atoms with Crippen molar-refractivity contribution in [2.24, 2.45) is 5.92 Å². The van der Waals surface area contributed by atoms with Crippen molar-refractivity contribution in [2.45, 2.75) is 26.8 Å². The number of anilines is 2. The number of para-hydroxylation sites is 1. The Morgan fingerprint density at radius 1 is 1.14 bits per heavy atom. The predicted octanol–water partition coefficient (Wildman–Crippen LogP) is 3.25. The lowest BCUT2D eigenvalue weighted by Gasteiger charge is -2.19. The molecule has 28 heavy (non-hydrogen) atoms. The van der Waals surface area contributed by atoms with Crippen LogP contribution in [0.3, 0.4) is 0 Å². The van der Waals surface area contributed by atoms with Crippen molar-refractivity contribution in [3.63, 3.8) is 0 Å². The smallest absolute Gasteiger partial charge is 0.315 e. The van der Waals surface area contributed by atoms with Gasteiger partial charge in [-0.1, -0.05) is 24.3 Å². The zero-order valence-electron chi connectivity index (χ0n) is 16.9. The van der Waals surface area contributed by atoms with Crippen LogP contribution < -0.4 is 20.4 Å². The highest BCUT2D eigenvalue weighted by atomic mass is 16.2. The van der Waals surface area contributed by atoms with Gasteiger partial charge in [-0.25, -0.2) is 9.78 Å². The Morgan fingerprint density at radius 2 is 1.93 bits per heavy atom. The number of pyridine rings is 1.